The van der Waals surface area contributed by atoms with E-state index in [9.17, 15) is 23.1 Å². The molecule has 2 atom stereocenters. The predicted octanol–water partition coefficient (Wildman–Crippen LogP) is 1.18. The number of aliphatic hydroxyl groups is 1. The monoisotopic (exact) mass is 424 g/mol. The predicted molar refractivity (Wildman–Crippen MR) is 72.9 cm³/mol. The van der Waals surface area contributed by atoms with Gasteiger partial charge in [0.15, 0.2) is 0 Å². The number of carbonyl (C=O) groups is 1. The van der Waals surface area contributed by atoms with Gasteiger partial charge in [0.05, 0.1) is 0 Å². The second kappa shape index (κ2) is 4.43. The van der Waals surface area contributed by atoms with Gasteiger partial charge < -0.3 is 0 Å². The molecule has 0 saturated carbocycles. The summed E-state index contributed by atoms with van der Waals surface area (Å²) in [5, 5.41) is 9.52. The molecule has 21 heavy (non-hydrogen) atoms. The zero-order chi connectivity index (χ0) is 15.7. The number of carbonyl (C=O) groups excluding carboxylic acids is 1. The van der Waals surface area contributed by atoms with Crippen molar-refractivity contribution in [1.29, 1.82) is 0 Å². The van der Waals surface area contributed by atoms with Crippen LogP contribution in [0.15, 0.2) is 0 Å². The van der Waals surface area contributed by atoms with Crippen LogP contribution in [0.1, 0.15) is 26.7 Å². The Morgan fingerprint density at radius 1 is 1.43 bits per heavy atom. The van der Waals surface area contributed by atoms with Gasteiger partial charge in [-0.2, -0.15) is 0 Å². The van der Waals surface area contributed by atoms with Gasteiger partial charge in [0.2, 0.25) is 0 Å². The summed E-state index contributed by atoms with van der Waals surface area (Å²) in [4.78, 5) is 12.2. The average Bonchev–Trinajstić information content (AvgIpc) is 3.15. The summed E-state index contributed by atoms with van der Waals surface area (Å²) in [7, 11) is 0. The molecule has 122 valence electrons. The first-order chi connectivity index (χ1) is 9.52. The van der Waals surface area contributed by atoms with Gasteiger partial charge in [-0.15, -0.1) is 0 Å². The number of hydrogen-bond acceptors (Lipinski definition) is 6. The molecule has 0 aromatic carbocycles. The Morgan fingerprint density at radius 2 is 2.00 bits per heavy atom. The van der Waals surface area contributed by atoms with Crippen LogP contribution in [0.4, 0.5) is 13.2 Å². The Labute approximate surface area is 126 Å². The summed E-state index contributed by atoms with van der Waals surface area (Å²) in [6, 6.07) is 0. The third-order valence-corrected chi connectivity index (χ3v) is 9.16. The molecule has 0 bridgehead atoms. The van der Waals surface area contributed by atoms with Crippen molar-refractivity contribution in [3.05, 3.63) is 0 Å². The standard InChI is InChI=1S/C11H16F3IN2O4/c1-8(2,11-15(16-11)17-11)7(18)21-6-3-4-20-9(19,5-6)10(12,13)14/h6,16-17,19H,3-5H2,1-2H3. The van der Waals surface area contributed by atoms with Gasteiger partial charge in [0.1, 0.15) is 0 Å². The quantitative estimate of drug-likeness (QED) is 0.157. The van der Waals surface area contributed by atoms with Crippen molar-refractivity contribution in [2.45, 2.75) is 48.4 Å². The first kappa shape index (κ1) is 15.7. The van der Waals surface area contributed by atoms with Gasteiger partial charge >= 0.3 is 126 Å². The van der Waals surface area contributed by atoms with E-state index in [1.165, 1.54) is 0 Å². The number of alkyl halides is 4. The molecule has 3 aliphatic rings. The molecule has 2 unspecified atom stereocenters. The normalized spacial score (nSPS) is 35.9. The first-order valence-corrected chi connectivity index (χ1v) is 9.65. The molecule has 3 rings (SSSR count). The summed E-state index contributed by atoms with van der Waals surface area (Å²) in [6.45, 7) is 3.10. The number of rotatable bonds is 3. The summed E-state index contributed by atoms with van der Waals surface area (Å²) in [5.74, 6) is -3.80. The molecule has 0 aliphatic carbocycles. The Hall–Kier alpha value is -0.170. The second-order valence-electron chi connectivity index (χ2n) is 5.91. The Kier molecular flexibility index (Phi) is 3.32. The number of hydrogen-bond donors (Lipinski definition) is 3. The van der Waals surface area contributed by atoms with Crippen molar-refractivity contribution in [3.8, 4) is 0 Å². The van der Waals surface area contributed by atoms with E-state index in [0.717, 1.165) is 0 Å². The van der Waals surface area contributed by atoms with Crippen molar-refractivity contribution in [1.82, 2.24) is 7.06 Å². The van der Waals surface area contributed by atoms with Crippen LogP contribution in [0, 0.1) is 5.41 Å². The molecule has 3 N–H and O–H groups in total. The van der Waals surface area contributed by atoms with Crippen molar-refractivity contribution in [3.63, 3.8) is 0 Å². The number of ether oxygens (including phenoxy) is 2. The van der Waals surface area contributed by atoms with Gasteiger partial charge in [0.25, 0.3) is 0 Å². The van der Waals surface area contributed by atoms with Crippen molar-refractivity contribution in [2.24, 2.45) is 5.41 Å². The molecule has 3 fully saturated rings. The van der Waals surface area contributed by atoms with Gasteiger partial charge in [0, 0.05) is 0 Å². The first-order valence-electron chi connectivity index (χ1n) is 6.41. The van der Waals surface area contributed by atoms with Gasteiger partial charge in [-0.05, 0) is 0 Å². The molecule has 0 aromatic heterocycles. The van der Waals surface area contributed by atoms with E-state index >= 15 is 0 Å². The van der Waals surface area contributed by atoms with Crippen molar-refractivity contribution >= 4 is 26.3 Å². The molecule has 0 radical (unpaired) electrons. The van der Waals surface area contributed by atoms with E-state index < -0.39 is 56.2 Å². The summed E-state index contributed by atoms with van der Waals surface area (Å²) < 4.78 is 53.9. The van der Waals surface area contributed by atoms with E-state index in [4.69, 9.17) is 4.74 Å². The fourth-order valence-corrected chi connectivity index (χ4v) is 7.83. The maximum absolute atomic E-state index is 12.7. The zero-order valence-electron chi connectivity index (χ0n) is 11.4. The SMILES string of the molecule is CC(C)(C(=O)OC1CCOC(O)(C(F)(F)F)C1)C12NI1N2. The fraction of sp³-hybridized carbons (Fsp3) is 0.909. The molecular formula is C11H16F3IN2O4. The second-order valence-corrected chi connectivity index (χ2v) is 10.2. The molecule has 3 heterocycles. The summed E-state index contributed by atoms with van der Waals surface area (Å²) >= 11 is -1.37. The number of halogens is 4. The fourth-order valence-electron chi connectivity index (χ4n) is 2.26. The minimum atomic E-state index is -4.92. The van der Waals surface area contributed by atoms with Crippen LogP contribution in [0.3, 0.4) is 0 Å². The van der Waals surface area contributed by atoms with Crippen LogP contribution in [0.2, 0.25) is 0 Å². The van der Waals surface area contributed by atoms with Crippen LogP contribution < -0.4 is 7.06 Å². The van der Waals surface area contributed by atoms with Gasteiger partial charge in [-0.3, -0.25) is 0 Å². The average molecular weight is 424 g/mol. The molecule has 6 nitrogen and oxygen atoms in total. The third-order valence-electron chi connectivity index (χ3n) is 4.03. The molecule has 3 aliphatic heterocycles. The minimum absolute atomic E-state index is 0.135. The van der Waals surface area contributed by atoms with Crippen LogP contribution >= 0.6 is 20.4 Å². The third kappa shape index (κ3) is 2.35. The van der Waals surface area contributed by atoms with Crippen molar-refractivity contribution in [2.75, 3.05) is 6.61 Å². The molecule has 0 spiro atoms. The van der Waals surface area contributed by atoms with Crippen LogP contribution in [0.5, 0.6) is 0 Å². The van der Waals surface area contributed by atoms with Crippen LogP contribution in [-0.2, 0) is 14.3 Å². The Bertz CT molecular complexity index is 481. The van der Waals surface area contributed by atoms with Crippen molar-refractivity contribution < 1.29 is 32.5 Å². The van der Waals surface area contributed by atoms with E-state index in [2.05, 4.69) is 11.8 Å². The van der Waals surface area contributed by atoms with Gasteiger partial charge in [-0.1, -0.05) is 0 Å². The molecule has 0 amide bonds. The van der Waals surface area contributed by atoms with Crippen LogP contribution in [-0.4, -0.2) is 39.4 Å². The van der Waals surface area contributed by atoms with E-state index in [-0.39, 0.29) is 16.7 Å². The molecular weight excluding hydrogens is 408 g/mol. The molecule has 3 saturated heterocycles. The summed E-state index contributed by atoms with van der Waals surface area (Å²) in [5.41, 5.74) is -0.827. The number of nitrogens with one attached hydrogen (secondary N) is 2. The molecule has 10 heteroatoms. The Balaban J connectivity index is 1.64. The van der Waals surface area contributed by atoms with E-state index in [1.807, 2.05) is 0 Å². The zero-order valence-corrected chi connectivity index (χ0v) is 13.5. The Morgan fingerprint density at radius 3 is 2.48 bits per heavy atom. The number of esters is 1. The summed E-state index contributed by atoms with van der Waals surface area (Å²) in [6.07, 6.45) is -6.58. The van der Waals surface area contributed by atoms with Crippen LogP contribution in [0.25, 0.3) is 0 Å². The van der Waals surface area contributed by atoms with E-state index in [1.54, 1.807) is 13.8 Å². The topological polar surface area (TPSA) is 99.6 Å². The molecule has 0 aromatic rings. The maximum atomic E-state index is 12.7. The van der Waals surface area contributed by atoms with E-state index in [0.29, 0.717) is 0 Å². The number of fused-ring (bicyclic) bond motifs is 1. The van der Waals surface area contributed by atoms with Gasteiger partial charge in [-0.25, -0.2) is 0 Å².